The molecule has 0 fully saturated rings. The number of nitrogens with two attached hydrogens (primary N) is 1. The van der Waals surface area contributed by atoms with Gasteiger partial charge in [0.2, 0.25) is 0 Å². The number of Topliss-reactive ketones (excluding diaryl/α,β-unsaturated/α-hetero) is 1. The Kier molecular flexibility index (Phi) is 5.02. The Morgan fingerprint density at radius 3 is 2.33 bits per heavy atom. The quantitative estimate of drug-likeness (QED) is 0.428. The number of benzene rings is 2. The monoisotopic (exact) mass is 392 g/mol. The maximum absolute atomic E-state index is 13.8. The van der Waals surface area contributed by atoms with Gasteiger partial charge in [-0.25, -0.2) is 0 Å². The molecule has 0 aromatic heterocycles. The molecule has 3 N–H and O–H groups in total. The molecule has 0 aliphatic heterocycles. The van der Waals surface area contributed by atoms with Crippen molar-refractivity contribution in [2.75, 3.05) is 11.1 Å². The Hall–Kier alpha value is -2.73. The van der Waals surface area contributed by atoms with E-state index in [1.54, 1.807) is 42.5 Å². The van der Waals surface area contributed by atoms with E-state index in [2.05, 4.69) is 5.32 Å². The van der Waals surface area contributed by atoms with Crippen molar-refractivity contribution in [3.05, 3.63) is 84.1 Å². The lowest BCUT2D eigenvalue weighted by molar-refractivity contribution is -0.155. The number of anilines is 2. The van der Waals surface area contributed by atoms with E-state index in [0.717, 1.165) is 6.08 Å². The van der Waals surface area contributed by atoms with Crippen molar-refractivity contribution in [1.82, 2.24) is 0 Å². The SMILES string of the molecule is Nc1ccccc1NC1=CC(Cl)(C(F)(F)F)C(C(=O)c2ccccc2)C=C1. The number of alkyl halides is 4. The first-order valence-corrected chi connectivity index (χ1v) is 8.47. The number of halogens is 4. The second-order valence-electron chi connectivity index (χ2n) is 6.14. The highest BCUT2D eigenvalue weighted by molar-refractivity contribution is 6.29. The Balaban J connectivity index is 1.97. The molecule has 0 bridgehead atoms. The lowest BCUT2D eigenvalue weighted by atomic mass is 9.80. The van der Waals surface area contributed by atoms with Gasteiger partial charge in [-0.1, -0.05) is 48.5 Å². The Morgan fingerprint density at radius 1 is 1.07 bits per heavy atom. The average Bonchev–Trinajstić information content (AvgIpc) is 2.63. The highest BCUT2D eigenvalue weighted by Gasteiger charge is 2.59. The molecular formula is C20H16ClF3N2O. The molecule has 2 unspecified atom stereocenters. The zero-order valence-corrected chi connectivity index (χ0v) is 14.8. The standard InChI is InChI=1S/C20H16ClF3N2O/c21-19(20(22,23)24)12-14(26-17-9-5-4-8-16(17)25)10-11-15(19)18(27)13-6-2-1-3-7-13/h1-12,15,26H,25H2. The first-order chi connectivity index (χ1) is 12.7. The van der Waals surface area contributed by atoms with Gasteiger partial charge in [0.05, 0.1) is 17.3 Å². The van der Waals surface area contributed by atoms with Crippen LogP contribution in [0, 0.1) is 5.92 Å². The van der Waals surface area contributed by atoms with Gasteiger partial charge < -0.3 is 11.1 Å². The Labute approximate surface area is 159 Å². The second-order valence-corrected chi connectivity index (χ2v) is 6.77. The highest BCUT2D eigenvalue weighted by Crippen LogP contribution is 2.47. The summed E-state index contributed by atoms with van der Waals surface area (Å²) in [5.74, 6) is -2.28. The zero-order chi connectivity index (χ0) is 19.7. The fourth-order valence-electron chi connectivity index (χ4n) is 2.87. The number of hydrogen-bond donors (Lipinski definition) is 2. The molecule has 7 heteroatoms. The van der Waals surface area contributed by atoms with E-state index in [9.17, 15) is 18.0 Å². The van der Waals surface area contributed by atoms with Gasteiger partial charge in [0.25, 0.3) is 0 Å². The van der Waals surface area contributed by atoms with Crippen LogP contribution in [-0.2, 0) is 0 Å². The third-order valence-corrected chi connectivity index (χ3v) is 4.86. The third-order valence-electron chi connectivity index (χ3n) is 4.30. The molecule has 1 aliphatic carbocycles. The van der Waals surface area contributed by atoms with Crippen LogP contribution in [0.1, 0.15) is 10.4 Å². The van der Waals surface area contributed by atoms with Crippen molar-refractivity contribution in [3.8, 4) is 0 Å². The summed E-state index contributed by atoms with van der Waals surface area (Å²) < 4.78 is 41.5. The number of hydrogen-bond acceptors (Lipinski definition) is 3. The van der Waals surface area contributed by atoms with Crippen LogP contribution >= 0.6 is 11.6 Å². The molecule has 3 nitrogen and oxygen atoms in total. The van der Waals surface area contributed by atoms with Gasteiger partial charge in [0, 0.05) is 11.3 Å². The van der Waals surface area contributed by atoms with Gasteiger partial charge in [-0.05, 0) is 24.3 Å². The van der Waals surface area contributed by atoms with Crippen LogP contribution in [0.5, 0.6) is 0 Å². The van der Waals surface area contributed by atoms with Crippen molar-refractivity contribution in [2.24, 2.45) is 5.92 Å². The number of allylic oxidation sites excluding steroid dienone is 3. The summed E-state index contributed by atoms with van der Waals surface area (Å²) in [6, 6.07) is 14.4. The molecule has 3 rings (SSSR count). The fraction of sp³-hybridized carbons (Fsp3) is 0.150. The molecule has 2 atom stereocenters. The van der Waals surface area contributed by atoms with Gasteiger partial charge in [0.1, 0.15) is 0 Å². The van der Waals surface area contributed by atoms with E-state index in [-0.39, 0.29) is 11.3 Å². The lowest BCUT2D eigenvalue weighted by Gasteiger charge is -2.35. The summed E-state index contributed by atoms with van der Waals surface area (Å²) in [5.41, 5.74) is 6.92. The summed E-state index contributed by atoms with van der Waals surface area (Å²) in [7, 11) is 0. The first kappa shape index (κ1) is 19.0. The molecule has 0 spiro atoms. The predicted octanol–water partition coefficient (Wildman–Crippen LogP) is 5.17. The fourth-order valence-corrected chi connectivity index (χ4v) is 3.16. The molecule has 0 heterocycles. The molecule has 2 aromatic carbocycles. The Bertz CT molecular complexity index is 909. The molecule has 0 amide bonds. The van der Waals surface area contributed by atoms with Crippen molar-refractivity contribution in [1.29, 1.82) is 0 Å². The lowest BCUT2D eigenvalue weighted by Crippen LogP contribution is -2.49. The van der Waals surface area contributed by atoms with Crippen LogP contribution in [0.2, 0.25) is 0 Å². The number of para-hydroxylation sites is 2. The van der Waals surface area contributed by atoms with Gasteiger partial charge in [-0.2, -0.15) is 13.2 Å². The summed E-state index contributed by atoms with van der Waals surface area (Å²) in [6.45, 7) is 0. The summed E-state index contributed by atoms with van der Waals surface area (Å²) in [4.78, 5) is 9.80. The summed E-state index contributed by atoms with van der Waals surface area (Å²) >= 11 is 6.02. The van der Waals surface area contributed by atoms with Crippen molar-refractivity contribution in [2.45, 2.75) is 11.1 Å². The van der Waals surface area contributed by atoms with Crippen LogP contribution in [0.3, 0.4) is 0 Å². The average molecular weight is 393 g/mol. The molecular weight excluding hydrogens is 377 g/mol. The largest absolute Gasteiger partial charge is 0.412 e. The first-order valence-electron chi connectivity index (χ1n) is 8.10. The van der Waals surface area contributed by atoms with E-state index < -0.39 is 22.8 Å². The summed E-state index contributed by atoms with van der Waals surface area (Å²) in [6.07, 6.45) is -1.43. The van der Waals surface area contributed by atoms with E-state index in [1.807, 2.05) is 0 Å². The molecule has 0 radical (unpaired) electrons. The van der Waals surface area contributed by atoms with E-state index >= 15 is 0 Å². The summed E-state index contributed by atoms with van der Waals surface area (Å²) in [5, 5.41) is 2.83. The predicted molar refractivity (Wildman–Crippen MR) is 101 cm³/mol. The van der Waals surface area contributed by atoms with Crippen LogP contribution in [-0.4, -0.2) is 16.8 Å². The maximum Gasteiger partial charge on any atom is 0.412 e. The minimum absolute atomic E-state index is 0.109. The van der Waals surface area contributed by atoms with Gasteiger partial charge >= 0.3 is 6.18 Å². The normalized spacial score (nSPS) is 22.2. The zero-order valence-electron chi connectivity index (χ0n) is 14.0. The number of rotatable bonds is 4. The van der Waals surface area contributed by atoms with Crippen molar-refractivity contribution in [3.63, 3.8) is 0 Å². The smallest absolute Gasteiger partial charge is 0.397 e. The van der Waals surface area contributed by atoms with Gasteiger partial charge in [-0.3, -0.25) is 4.79 Å². The number of nitrogen functional groups attached to an aromatic ring is 1. The minimum atomic E-state index is -4.84. The van der Waals surface area contributed by atoms with E-state index in [1.165, 1.54) is 24.3 Å². The topological polar surface area (TPSA) is 55.1 Å². The molecule has 1 aliphatic rings. The van der Waals surface area contributed by atoms with Gasteiger partial charge in [0.15, 0.2) is 10.7 Å². The minimum Gasteiger partial charge on any atom is -0.397 e. The van der Waals surface area contributed by atoms with E-state index in [0.29, 0.717) is 11.4 Å². The molecule has 2 aromatic rings. The number of carbonyl (C=O) groups excluding carboxylic acids is 1. The molecule has 27 heavy (non-hydrogen) atoms. The highest BCUT2D eigenvalue weighted by atomic mass is 35.5. The maximum atomic E-state index is 13.8. The van der Waals surface area contributed by atoms with Crippen molar-refractivity contribution >= 4 is 28.8 Å². The molecule has 140 valence electrons. The molecule has 0 saturated heterocycles. The van der Waals surface area contributed by atoms with Crippen LogP contribution in [0.25, 0.3) is 0 Å². The molecule has 0 saturated carbocycles. The van der Waals surface area contributed by atoms with Crippen LogP contribution in [0.15, 0.2) is 78.5 Å². The van der Waals surface area contributed by atoms with Crippen LogP contribution in [0.4, 0.5) is 24.5 Å². The van der Waals surface area contributed by atoms with Gasteiger partial charge in [-0.15, -0.1) is 11.6 Å². The Morgan fingerprint density at radius 2 is 1.70 bits per heavy atom. The number of carbonyl (C=O) groups is 1. The van der Waals surface area contributed by atoms with E-state index in [4.69, 9.17) is 17.3 Å². The van der Waals surface area contributed by atoms with Crippen molar-refractivity contribution < 1.29 is 18.0 Å². The third kappa shape index (κ3) is 3.71. The second kappa shape index (κ2) is 7.12. The number of ketones is 1. The number of nitrogens with one attached hydrogen (secondary N) is 1. The van der Waals surface area contributed by atoms with Crippen LogP contribution < -0.4 is 11.1 Å².